The van der Waals surface area contributed by atoms with Crippen LogP contribution in [0.1, 0.15) is 12.5 Å². The van der Waals surface area contributed by atoms with Gasteiger partial charge in [0.25, 0.3) is 0 Å². The maximum absolute atomic E-state index is 8.91. The van der Waals surface area contributed by atoms with E-state index < -0.39 is 6.10 Å². The molecule has 1 N–H and O–H groups in total. The van der Waals surface area contributed by atoms with Gasteiger partial charge in [-0.05, 0) is 37.3 Å². The van der Waals surface area contributed by atoms with Crippen LogP contribution in [0.2, 0.25) is 0 Å². The molecule has 1 heterocycles. The average molecular weight is 240 g/mol. The molecule has 1 aromatic carbocycles. The Bertz CT molecular complexity index is 577. The lowest BCUT2D eigenvalue weighted by atomic mass is 10.2. The Kier molecular flexibility index (Phi) is 3.91. The van der Waals surface area contributed by atoms with Crippen LogP contribution in [0.4, 0.5) is 0 Å². The van der Waals surface area contributed by atoms with Gasteiger partial charge < -0.3 is 14.6 Å². The van der Waals surface area contributed by atoms with Gasteiger partial charge in [0, 0.05) is 5.56 Å². The van der Waals surface area contributed by atoms with E-state index in [1.807, 2.05) is 18.2 Å². The van der Waals surface area contributed by atoms with E-state index in [0.717, 1.165) is 17.1 Å². The zero-order valence-corrected chi connectivity index (χ0v) is 9.93. The molecular formula is C15H12O3. The molecule has 0 bridgehead atoms. The number of aliphatic hydroxyl groups is 1. The molecule has 3 nitrogen and oxygen atoms in total. The molecule has 3 heteroatoms. The summed E-state index contributed by atoms with van der Waals surface area (Å²) in [6.45, 7) is 1.88. The topological polar surface area (TPSA) is 38.7 Å². The molecule has 1 atom stereocenters. The molecule has 0 aliphatic carbocycles. The fourth-order valence-electron chi connectivity index (χ4n) is 1.35. The summed E-state index contributed by atoms with van der Waals surface area (Å²) in [7, 11) is 0. The Morgan fingerprint density at radius 3 is 2.83 bits per heavy atom. The average Bonchev–Trinajstić information content (AvgIpc) is 2.80. The van der Waals surface area contributed by atoms with Crippen molar-refractivity contribution < 1.29 is 14.6 Å². The number of benzene rings is 1. The highest BCUT2D eigenvalue weighted by atomic mass is 16.7. The molecule has 1 unspecified atom stereocenters. The summed E-state index contributed by atoms with van der Waals surface area (Å²) in [4.78, 5) is 0. The van der Waals surface area contributed by atoms with Gasteiger partial charge in [-0.1, -0.05) is 23.7 Å². The van der Waals surface area contributed by atoms with Crippen molar-refractivity contribution in [1.82, 2.24) is 0 Å². The lowest BCUT2D eigenvalue weighted by molar-refractivity contribution is 0.174. The number of ether oxygens (including phenoxy) is 2. The van der Waals surface area contributed by atoms with Gasteiger partial charge in [0.15, 0.2) is 11.5 Å². The summed E-state index contributed by atoms with van der Waals surface area (Å²) < 4.78 is 10.5. The summed E-state index contributed by atoms with van der Waals surface area (Å²) in [5.41, 5.74) is 0.854. The van der Waals surface area contributed by atoms with Crippen LogP contribution in [0.15, 0.2) is 30.4 Å². The fourth-order valence-corrected chi connectivity index (χ4v) is 1.35. The Labute approximate surface area is 106 Å². The van der Waals surface area contributed by atoms with Crippen LogP contribution in [0.5, 0.6) is 11.5 Å². The molecule has 1 aliphatic heterocycles. The molecule has 0 saturated carbocycles. The zero-order chi connectivity index (χ0) is 12.8. The number of hydrogen-bond acceptors (Lipinski definition) is 3. The minimum Gasteiger partial charge on any atom is -0.454 e. The zero-order valence-electron chi connectivity index (χ0n) is 9.93. The van der Waals surface area contributed by atoms with E-state index in [1.54, 1.807) is 19.1 Å². The summed E-state index contributed by atoms with van der Waals surface area (Å²) in [6, 6.07) is 5.55. The third-order valence-corrected chi connectivity index (χ3v) is 2.13. The van der Waals surface area contributed by atoms with Gasteiger partial charge in [-0.3, -0.25) is 0 Å². The van der Waals surface area contributed by atoms with Crippen LogP contribution in [-0.2, 0) is 0 Å². The minimum atomic E-state index is -0.614. The van der Waals surface area contributed by atoms with Gasteiger partial charge in [-0.25, -0.2) is 0 Å². The summed E-state index contributed by atoms with van der Waals surface area (Å²) in [6.07, 6.45) is 2.63. The normalized spacial score (nSPS) is 13.4. The molecule has 90 valence electrons. The highest BCUT2D eigenvalue weighted by Gasteiger charge is 2.12. The van der Waals surface area contributed by atoms with E-state index in [9.17, 15) is 0 Å². The van der Waals surface area contributed by atoms with Crippen molar-refractivity contribution >= 4 is 0 Å². The molecule has 2 rings (SSSR count). The molecule has 18 heavy (non-hydrogen) atoms. The highest BCUT2D eigenvalue weighted by molar-refractivity contribution is 5.50. The molecule has 0 amide bonds. The van der Waals surface area contributed by atoms with Crippen LogP contribution in [0.25, 0.3) is 0 Å². The number of fused-ring (bicyclic) bond motifs is 1. The van der Waals surface area contributed by atoms with Crippen LogP contribution in [0, 0.1) is 23.7 Å². The van der Waals surface area contributed by atoms with Crippen molar-refractivity contribution in [2.75, 3.05) is 6.79 Å². The maximum Gasteiger partial charge on any atom is 0.231 e. The minimum absolute atomic E-state index is 0.265. The van der Waals surface area contributed by atoms with Crippen LogP contribution >= 0.6 is 0 Å². The molecule has 0 aromatic heterocycles. The third kappa shape index (κ3) is 3.31. The van der Waals surface area contributed by atoms with E-state index in [0.29, 0.717) is 0 Å². The second-order valence-corrected chi connectivity index (χ2v) is 3.64. The molecule has 0 spiro atoms. The van der Waals surface area contributed by atoms with Crippen LogP contribution in [0.3, 0.4) is 0 Å². The second-order valence-electron chi connectivity index (χ2n) is 3.64. The van der Waals surface area contributed by atoms with Gasteiger partial charge in [0.1, 0.15) is 6.10 Å². The van der Waals surface area contributed by atoms with Crippen LogP contribution < -0.4 is 9.47 Å². The summed E-state index contributed by atoms with van der Waals surface area (Å²) >= 11 is 0. The van der Waals surface area contributed by atoms with Crippen molar-refractivity contribution in [3.63, 3.8) is 0 Å². The van der Waals surface area contributed by atoms with Gasteiger partial charge in [0.05, 0.1) is 0 Å². The lowest BCUT2D eigenvalue weighted by Gasteiger charge is -1.94. The Hall–Kier alpha value is -2.36. The molecule has 0 fully saturated rings. The predicted molar refractivity (Wildman–Crippen MR) is 68.0 cm³/mol. The Balaban J connectivity index is 2.01. The van der Waals surface area contributed by atoms with E-state index in [-0.39, 0.29) is 6.79 Å². The SMILES string of the molecule is CC(O)C#C/C=C\C#Cc1ccc2c(c1)OCO2. The second kappa shape index (κ2) is 5.82. The number of aliphatic hydroxyl groups excluding tert-OH is 1. The van der Waals surface area contributed by atoms with Crippen LogP contribution in [-0.4, -0.2) is 18.0 Å². The number of rotatable bonds is 0. The molecule has 1 aliphatic rings. The first kappa shape index (κ1) is 12.1. The molecule has 1 aromatic rings. The van der Waals surface area contributed by atoms with Gasteiger partial charge in [-0.15, -0.1) is 0 Å². The molecular weight excluding hydrogens is 228 g/mol. The standard InChI is InChI=1S/C15H12O3/c1-12(16)6-4-2-3-5-7-13-8-9-14-15(10-13)18-11-17-14/h2-3,8-10,12,16H,11H2,1H3/b3-2-. The maximum atomic E-state index is 8.91. The van der Waals surface area contributed by atoms with Crippen molar-refractivity contribution in [2.45, 2.75) is 13.0 Å². The highest BCUT2D eigenvalue weighted by Crippen LogP contribution is 2.32. The van der Waals surface area contributed by atoms with E-state index in [2.05, 4.69) is 23.7 Å². The van der Waals surface area contributed by atoms with Gasteiger partial charge in [0.2, 0.25) is 6.79 Å². The van der Waals surface area contributed by atoms with Crippen molar-refractivity contribution in [1.29, 1.82) is 0 Å². The van der Waals surface area contributed by atoms with Crippen molar-refractivity contribution in [2.24, 2.45) is 0 Å². The molecule has 0 saturated heterocycles. The first-order valence-corrected chi connectivity index (χ1v) is 5.51. The van der Waals surface area contributed by atoms with Crippen molar-refractivity contribution in [3.8, 4) is 35.2 Å². The monoisotopic (exact) mass is 240 g/mol. The van der Waals surface area contributed by atoms with E-state index in [1.165, 1.54) is 0 Å². The fraction of sp³-hybridized carbons (Fsp3) is 0.200. The first-order chi connectivity index (χ1) is 8.75. The third-order valence-electron chi connectivity index (χ3n) is 2.13. The summed E-state index contributed by atoms with van der Waals surface area (Å²) in [5.74, 6) is 12.6. The Morgan fingerprint density at radius 2 is 2.00 bits per heavy atom. The van der Waals surface area contributed by atoms with Crippen molar-refractivity contribution in [3.05, 3.63) is 35.9 Å². The lowest BCUT2D eigenvalue weighted by Crippen LogP contribution is -1.92. The van der Waals surface area contributed by atoms with Gasteiger partial charge in [-0.2, -0.15) is 0 Å². The largest absolute Gasteiger partial charge is 0.454 e. The molecule has 0 radical (unpaired) electrons. The predicted octanol–water partition coefficient (Wildman–Crippen LogP) is 1.71. The van der Waals surface area contributed by atoms with E-state index in [4.69, 9.17) is 14.6 Å². The Morgan fingerprint density at radius 1 is 1.22 bits per heavy atom. The first-order valence-electron chi connectivity index (χ1n) is 5.51. The quantitative estimate of drug-likeness (QED) is 0.702. The number of allylic oxidation sites excluding steroid dienone is 2. The summed E-state index contributed by atoms with van der Waals surface area (Å²) in [5, 5.41) is 8.91. The van der Waals surface area contributed by atoms with E-state index >= 15 is 0 Å². The smallest absolute Gasteiger partial charge is 0.231 e. The number of hydrogen-bond donors (Lipinski definition) is 1. The van der Waals surface area contributed by atoms with Gasteiger partial charge >= 0.3 is 0 Å².